The molecule has 0 bridgehead atoms. The van der Waals surface area contributed by atoms with Crippen LogP contribution in [-0.4, -0.2) is 30.8 Å². The largest absolute Gasteiger partial charge is 0.468 e. The summed E-state index contributed by atoms with van der Waals surface area (Å²) in [5.41, 5.74) is -0.185. The van der Waals surface area contributed by atoms with E-state index in [-0.39, 0.29) is 12.0 Å². The smallest absolute Gasteiger partial charge is 0.325 e. The molecule has 2 N–H and O–H groups in total. The fraction of sp³-hybridized carbons (Fsp3) is 0.545. The number of rotatable bonds is 3. The van der Waals surface area contributed by atoms with Gasteiger partial charge in [-0.2, -0.15) is 0 Å². The van der Waals surface area contributed by atoms with Gasteiger partial charge in [-0.1, -0.05) is 25.9 Å². The lowest BCUT2D eigenvalue weighted by molar-refractivity contribution is -0.139. The molecule has 0 unspecified atom stereocenters. The molecular formula is C11H17N3O4. The molecule has 18 heavy (non-hydrogen) atoms. The molecule has 1 aromatic heterocycles. The van der Waals surface area contributed by atoms with E-state index in [1.807, 2.05) is 20.8 Å². The molecule has 1 rings (SSSR count). The van der Waals surface area contributed by atoms with E-state index >= 15 is 0 Å². The fourth-order valence-corrected chi connectivity index (χ4v) is 1.07. The van der Waals surface area contributed by atoms with Crippen LogP contribution in [0.5, 0.6) is 0 Å². The highest BCUT2D eigenvalue weighted by Crippen LogP contribution is 2.24. The molecule has 0 aliphatic carbocycles. The van der Waals surface area contributed by atoms with E-state index in [2.05, 4.69) is 20.5 Å². The molecular weight excluding hydrogens is 238 g/mol. The quantitative estimate of drug-likeness (QED) is 0.793. The summed E-state index contributed by atoms with van der Waals surface area (Å²) < 4.78 is 9.48. The predicted molar refractivity (Wildman–Crippen MR) is 64.2 cm³/mol. The molecule has 0 atom stereocenters. The number of hydrogen-bond acceptors (Lipinski definition) is 5. The first-order valence-electron chi connectivity index (χ1n) is 5.42. The number of nitrogens with one attached hydrogen (secondary N) is 2. The van der Waals surface area contributed by atoms with Crippen LogP contribution in [0.4, 0.5) is 10.6 Å². The number of amides is 2. The molecule has 1 heterocycles. The van der Waals surface area contributed by atoms with Crippen molar-refractivity contribution in [3.8, 4) is 0 Å². The SMILES string of the molecule is COC(=O)CNC(=O)Nc1cc(C(C)(C)C)on1. The van der Waals surface area contributed by atoms with Gasteiger partial charge in [-0.15, -0.1) is 0 Å². The van der Waals surface area contributed by atoms with Crippen molar-refractivity contribution in [3.63, 3.8) is 0 Å². The summed E-state index contributed by atoms with van der Waals surface area (Å²) in [5.74, 6) is 0.425. The number of carbonyl (C=O) groups excluding carboxylic acids is 2. The monoisotopic (exact) mass is 255 g/mol. The Morgan fingerprint density at radius 3 is 2.61 bits per heavy atom. The van der Waals surface area contributed by atoms with E-state index in [0.717, 1.165) is 0 Å². The number of carbonyl (C=O) groups is 2. The maximum atomic E-state index is 11.4. The van der Waals surface area contributed by atoms with Gasteiger partial charge in [-0.3, -0.25) is 10.1 Å². The van der Waals surface area contributed by atoms with Crippen LogP contribution in [0.3, 0.4) is 0 Å². The van der Waals surface area contributed by atoms with Crippen LogP contribution in [0.2, 0.25) is 0 Å². The minimum atomic E-state index is -0.547. The fourth-order valence-electron chi connectivity index (χ4n) is 1.07. The Morgan fingerprint density at radius 1 is 1.44 bits per heavy atom. The highest BCUT2D eigenvalue weighted by Gasteiger charge is 2.20. The average molecular weight is 255 g/mol. The van der Waals surface area contributed by atoms with Crippen molar-refractivity contribution in [1.29, 1.82) is 0 Å². The van der Waals surface area contributed by atoms with Gasteiger partial charge in [0.25, 0.3) is 0 Å². The van der Waals surface area contributed by atoms with Gasteiger partial charge in [0.2, 0.25) is 0 Å². The maximum absolute atomic E-state index is 11.4. The van der Waals surface area contributed by atoms with Gasteiger partial charge in [0.05, 0.1) is 7.11 Å². The van der Waals surface area contributed by atoms with E-state index in [0.29, 0.717) is 11.6 Å². The van der Waals surface area contributed by atoms with Crippen LogP contribution in [0.1, 0.15) is 26.5 Å². The zero-order valence-corrected chi connectivity index (χ0v) is 10.9. The molecule has 7 nitrogen and oxygen atoms in total. The van der Waals surface area contributed by atoms with Crippen LogP contribution in [-0.2, 0) is 14.9 Å². The second-order valence-electron chi connectivity index (χ2n) is 4.71. The zero-order chi connectivity index (χ0) is 13.8. The van der Waals surface area contributed by atoms with Gasteiger partial charge in [0, 0.05) is 11.5 Å². The summed E-state index contributed by atoms with van der Waals surface area (Å²) in [6.45, 7) is 5.70. The highest BCUT2D eigenvalue weighted by molar-refractivity contribution is 5.90. The Morgan fingerprint density at radius 2 is 2.11 bits per heavy atom. The third kappa shape index (κ3) is 4.08. The normalized spacial score (nSPS) is 10.9. The molecule has 1 aromatic rings. The first-order valence-corrected chi connectivity index (χ1v) is 5.42. The number of esters is 1. The van der Waals surface area contributed by atoms with Crippen molar-refractivity contribution in [2.45, 2.75) is 26.2 Å². The van der Waals surface area contributed by atoms with Crippen LogP contribution < -0.4 is 10.6 Å². The minimum absolute atomic E-state index is 0.185. The van der Waals surface area contributed by atoms with Gasteiger partial charge < -0.3 is 14.6 Å². The lowest BCUT2D eigenvalue weighted by Crippen LogP contribution is -2.33. The van der Waals surface area contributed by atoms with Crippen molar-refractivity contribution >= 4 is 17.8 Å². The Kier molecular flexibility index (Phi) is 4.30. The van der Waals surface area contributed by atoms with Crippen LogP contribution >= 0.6 is 0 Å². The molecule has 0 aromatic carbocycles. The summed E-state index contributed by atoms with van der Waals surface area (Å²) in [6, 6.07) is 1.09. The molecule has 0 saturated heterocycles. The number of hydrogen-bond donors (Lipinski definition) is 2. The molecule has 0 aliphatic heterocycles. The number of aromatic nitrogens is 1. The molecule has 0 saturated carbocycles. The molecule has 2 amide bonds. The zero-order valence-electron chi connectivity index (χ0n) is 10.9. The molecule has 0 fully saturated rings. The van der Waals surface area contributed by atoms with Crippen LogP contribution in [0.25, 0.3) is 0 Å². The summed E-state index contributed by atoms with van der Waals surface area (Å²) in [7, 11) is 1.25. The average Bonchev–Trinajstić information content (AvgIpc) is 2.74. The summed E-state index contributed by atoms with van der Waals surface area (Å²) in [6.07, 6.45) is 0. The van der Waals surface area contributed by atoms with Gasteiger partial charge in [0.15, 0.2) is 5.82 Å². The first kappa shape index (κ1) is 14.0. The molecule has 100 valence electrons. The van der Waals surface area contributed by atoms with Gasteiger partial charge in [-0.25, -0.2) is 4.79 Å². The molecule has 0 radical (unpaired) electrons. The van der Waals surface area contributed by atoms with Crippen LogP contribution in [0.15, 0.2) is 10.6 Å². The Balaban J connectivity index is 2.50. The molecule has 0 aliphatic rings. The highest BCUT2D eigenvalue weighted by atomic mass is 16.5. The van der Waals surface area contributed by atoms with Crippen molar-refractivity contribution in [2.24, 2.45) is 0 Å². The molecule has 7 heteroatoms. The summed E-state index contributed by atoms with van der Waals surface area (Å²) in [5, 5.41) is 8.48. The van der Waals surface area contributed by atoms with E-state index in [9.17, 15) is 9.59 Å². The second-order valence-corrected chi connectivity index (χ2v) is 4.71. The number of anilines is 1. The van der Waals surface area contributed by atoms with E-state index in [1.54, 1.807) is 6.07 Å². The summed E-state index contributed by atoms with van der Waals surface area (Å²) >= 11 is 0. The van der Waals surface area contributed by atoms with Gasteiger partial charge in [0.1, 0.15) is 12.3 Å². The minimum Gasteiger partial charge on any atom is -0.468 e. The topological polar surface area (TPSA) is 93.5 Å². The first-order chi connectivity index (χ1) is 8.32. The van der Waals surface area contributed by atoms with E-state index in [4.69, 9.17) is 4.52 Å². The van der Waals surface area contributed by atoms with Crippen molar-refractivity contribution in [3.05, 3.63) is 11.8 Å². The standard InChI is InChI=1S/C11H17N3O4/c1-11(2,3)7-5-8(14-18-7)13-10(16)12-6-9(15)17-4/h5H,6H2,1-4H3,(H2,12,13,14,16). The summed E-state index contributed by atoms with van der Waals surface area (Å²) in [4.78, 5) is 22.2. The van der Waals surface area contributed by atoms with Crippen molar-refractivity contribution in [2.75, 3.05) is 19.0 Å². The van der Waals surface area contributed by atoms with E-state index in [1.165, 1.54) is 7.11 Å². The second kappa shape index (κ2) is 5.52. The molecule has 0 spiro atoms. The Hall–Kier alpha value is -2.05. The lowest BCUT2D eigenvalue weighted by Gasteiger charge is -2.12. The predicted octanol–water partition coefficient (Wildman–Crippen LogP) is 1.27. The van der Waals surface area contributed by atoms with Gasteiger partial charge >= 0.3 is 12.0 Å². The number of nitrogens with zero attached hydrogens (tertiary/aromatic N) is 1. The number of urea groups is 1. The van der Waals surface area contributed by atoms with Crippen LogP contribution in [0, 0.1) is 0 Å². The maximum Gasteiger partial charge on any atom is 0.325 e. The Bertz CT molecular complexity index is 434. The van der Waals surface area contributed by atoms with Gasteiger partial charge in [-0.05, 0) is 0 Å². The number of methoxy groups -OCH3 is 1. The van der Waals surface area contributed by atoms with Crippen molar-refractivity contribution in [1.82, 2.24) is 10.5 Å². The lowest BCUT2D eigenvalue weighted by atomic mass is 9.93. The third-order valence-electron chi connectivity index (χ3n) is 2.11. The van der Waals surface area contributed by atoms with Crippen molar-refractivity contribution < 1.29 is 18.8 Å². The number of ether oxygens (including phenoxy) is 1. The van der Waals surface area contributed by atoms with E-state index < -0.39 is 12.0 Å². The Labute approximate surface area is 105 Å². The third-order valence-corrected chi connectivity index (χ3v) is 2.11.